The highest BCUT2D eigenvalue weighted by Gasteiger charge is 2.05. The van der Waals surface area contributed by atoms with Gasteiger partial charge in [-0.15, -0.1) is 11.3 Å². The standard InChI is InChI=1S/C12H16N2O3S/c15-10(4-13-5-12-6-14-9-18-12)7-16-8-11-2-1-3-17-11/h1-3,6,9-10,13,15H,4-5,7-8H2. The first-order valence-corrected chi connectivity index (χ1v) is 6.59. The van der Waals surface area contributed by atoms with Crippen LogP contribution in [0.15, 0.2) is 34.5 Å². The number of nitrogens with one attached hydrogen (secondary N) is 1. The van der Waals surface area contributed by atoms with Crippen molar-refractivity contribution < 1.29 is 14.3 Å². The number of hydrogen-bond acceptors (Lipinski definition) is 6. The van der Waals surface area contributed by atoms with Gasteiger partial charge in [-0.05, 0) is 12.1 Å². The highest BCUT2D eigenvalue weighted by molar-refractivity contribution is 7.09. The lowest BCUT2D eigenvalue weighted by atomic mass is 10.3. The minimum atomic E-state index is -0.520. The number of aliphatic hydroxyl groups is 1. The molecule has 5 nitrogen and oxygen atoms in total. The summed E-state index contributed by atoms with van der Waals surface area (Å²) in [4.78, 5) is 5.13. The molecule has 2 aromatic heterocycles. The third-order valence-electron chi connectivity index (χ3n) is 2.30. The Morgan fingerprint density at radius 2 is 2.50 bits per heavy atom. The highest BCUT2D eigenvalue weighted by Crippen LogP contribution is 2.04. The first kappa shape index (κ1) is 13.2. The number of nitrogens with zero attached hydrogens (tertiary/aromatic N) is 1. The molecule has 0 saturated carbocycles. The molecule has 0 aliphatic rings. The van der Waals surface area contributed by atoms with E-state index in [2.05, 4.69) is 10.3 Å². The normalized spacial score (nSPS) is 12.7. The van der Waals surface area contributed by atoms with Crippen molar-refractivity contribution in [2.45, 2.75) is 19.3 Å². The largest absolute Gasteiger partial charge is 0.467 e. The van der Waals surface area contributed by atoms with E-state index in [0.29, 0.717) is 13.2 Å². The summed E-state index contributed by atoms with van der Waals surface area (Å²) in [6, 6.07) is 3.65. The molecular formula is C12H16N2O3S. The van der Waals surface area contributed by atoms with Crippen LogP contribution >= 0.6 is 11.3 Å². The molecule has 2 aromatic rings. The lowest BCUT2D eigenvalue weighted by molar-refractivity contribution is 0.0226. The molecular weight excluding hydrogens is 252 g/mol. The van der Waals surface area contributed by atoms with Crippen molar-refractivity contribution >= 4 is 11.3 Å². The van der Waals surface area contributed by atoms with E-state index < -0.39 is 6.10 Å². The van der Waals surface area contributed by atoms with E-state index in [1.54, 1.807) is 23.1 Å². The van der Waals surface area contributed by atoms with Crippen LogP contribution in [0.2, 0.25) is 0 Å². The Hall–Kier alpha value is -1.21. The Balaban J connectivity index is 1.53. The van der Waals surface area contributed by atoms with Gasteiger partial charge < -0.3 is 19.6 Å². The maximum absolute atomic E-state index is 9.68. The van der Waals surface area contributed by atoms with Crippen molar-refractivity contribution in [2.24, 2.45) is 0 Å². The van der Waals surface area contributed by atoms with E-state index in [0.717, 1.165) is 17.2 Å². The second-order valence-electron chi connectivity index (χ2n) is 3.85. The van der Waals surface area contributed by atoms with Crippen molar-refractivity contribution in [3.05, 3.63) is 40.7 Å². The second kappa shape index (κ2) is 7.27. The van der Waals surface area contributed by atoms with Crippen molar-refractivity contribution in [1.82, 2.24) is 10.3 Å². The molecule has 18 heavy (non-hydrogen) atoms. The molecule has 0 aromatic carbocycles. The first-order valence-electron chi connectivity index (χ1n) is 5.71. The fraction of sp³-hybridized carbons (Fsp3) is 0.417. The lowest BCUT2D eigenvalue weighted by Gasteiger charge is -2.11. The molecule has 0 amide bonds. The molecule has 0 fully saturated rings. The van der Waals surface area contributed by atoms with Gasteiger partial charge in [0.1, 0.15) is 12.4 Å². The van der Waals surface area contributed by atoms with Crippen LogP contribution in [0.25, 0.3) is 0 Å². The highest BCUT2D eigenvalue weighted by atomic mass is 32.1. The maximum Gasteiger partial charge on any atom is 0.129 e. The molecule has 0 radical (unpaired) electrons. The van der Waals surface area contributed by atoms with Gasteiger partial charge >= 0.3 is 0 Å². The lowest BCUT2D eigenvalue weighted by Crippen LogP contribution is -2.29. The molecule has 0 aliphatic heterocycles. The molecule has 0 aliphatic carbocycles. The minimum absolute atomic E-state index is 0.288. The number of aliphatic hydroxyl groups excluding tert-OH is 1. The summed E-state index contributed by atoms with van der Waals surface area (Å²) in [5.74, 6) is 0.764. The minimum Gasteiger partial charge on any atom is -0.467 e. The van der Waals surface area contributed by atoms with Crippen LogP contribution in [-0.2, 0) is 17.9 Å². The Labute approximate surface area is 109 Å². The van der Waals surface area contributed by atoms with E-state index in [9.17, 15) is 5.11 Å². The van der Waals surface area contributed by atoms with Crippen LogP contribution < -0.4 is 5.32 Å². The molecule has 2 heterocycles. The van der Waals surface area contributed by atoms with Crippen molar-refractivity contribution in [2.75, 3.05) is 13.2 Å². The number of hydrogen-bond donors (Lipinski definition) is 2. The molecule has 1 unspecified atom stereocenters. The SMILES string of the molecule is OC(CNCc1cncs1)COCc1ccco1. The molecule has 0 spiro atoms. The summed E-state index contributed by atoms with van der Waals surface area (Å²) >= 11 is 1.59. The number of thiazole rings is 1. The van der Waals surface area contributed by atoms with Gasteiger partial charge in [0.25, 0.3) is 0 Å². The van der Waals surface area contributed by atoms with Crippen LogP contribution in [0.1, 0.15) is 10.6 Å². The van der Waals surface area contributed by atoms with Gasteiger partial charge in [0.15, 0.2) is 0 Å². The summed E-state index contributed by atoms with van der Waals surface area (Å²) in [6.07, 6.45) is 2.90. The Morgan fingerprint density at radius 3 is 3.22 bits per heavy atom. The number of furan rings is 1. The predicted octanol–water partition coefficient (Wildman–Crippen LogP) is 1.40. The van der Waals surface area contributed by atoms with Gasteiger partial charge in [-0.25, -0.2) is 0 Å². The molecule has 2 N–H and O–H groups in total. The average molecular weight is 268 g/mol. The van der Waals surface area contributed by atoms with Crippen molar-refractivity contribution in [3.63, 3.8) is 0 Å². The van der Waals surface area contributed by atoms with Gasteiger partial charge in [0, 0.05) is 24.2 Å². The predicted molar refractivity (Wildman–Crippen MR) is 68.2 cm³/mol. The molecule has 0 bridgehead atoms. The van der Waals surface area contributed by atoms with Crippen LogP contribution in [0.4, 0.5) is 0 Å². The smallest absolute Gasteiger partial charge is 0.129 e. The molecule has 98 valence electrons. The van der Waals surface area contributed by atoms with E-state index in [1.807, 2.05) is 18.3 Å². The number of aromatic nitrogens is 1. The third kappa shape index (κ3) is 4.58. The summed E-state index contributed by atoms with van der Waals surface area (Å²) in [5.41, 5.74) is 1.79. The number of ether oxygens (including phenoxy) is 1. The summed E-state index contributed by atoms with van der Waals surface area (Å²) in [6.45, 7) is 1.89. The Kier molecular flexibility index (Phi) is 5.35. The third-order valence-corrected chi connectivity index (χ3v) is 3.08. The first-order chi connectivity index (χ1) is 8.84. The van der Waals surface area contributed by atoms with E-state index >= 15 is 0 Å². The quantitative estimate of drug-likeness (QED) is 0.757. The van der Waals surface area contributed by atoms with Crippen LogP contribution in [0, 0.1) is 0 Å². The number of rotatable bonds is 8. The van der Waals surface area contributed by atoms with Gasteiger partial charge in [-0.3, -0.25) is 4.98 Å². The van der Waals surface area contributed by atoms with Crippen molar-refractivity contribution in [3.8, 4) is 0 Å². The van der Waals surface area contributed by atoms with Crippen LogP contribution in [-0.4, -0.2) is 29.3 Å². The molecule has 2 rings (SSSR count). The van der Waals surface area contributed by atoms with Gasteiger partial charge in [-0.2, -0.15) is 0 Å². The summed E-state index contributed by atoms with van der Waals surface area (Å²) in [7, 11) is 0. The van der Waals surface area contributed by atoms with Gasteiger partial charge in [0.2, 0.25) is 0 Å². The monoisotopic (exact) mass is 268 g/mol. The fourth-order valence-corrected chi connectivity index (χ4v) is 2.00. The summed E-state index contributed by atoms with van der Waals surface area (Å²) in [5, 5.41) is 12.8. The Morgan fingerprint density at radius 1 is 1.56 bits per heavy atom. The Bertz CT molecular complexity index is 376. The summed E-state index contributed by atoms with van der Waals surface area (Å²) < 4.78 is 10.5. The van der Waals surface area contributed by atoms with Crippen LogP contribution in [0.3, 0.4) is 0 Å². The zero-order chi connectivity index (χ0) is 12.6. The van der Waals surface area contributed by atoms with E-state index in [-0.39, 0.29) is 6.61 Å². The van der Waals surface area contributed by atoms with Crippen LogP contribution in [0.5, 0.6) is 0 Å². The second-order valence-corrected chi connectivity index (χ2v) is 4.82. The molecule has 1 atom stereocenters. The molecule has 0 saturated heterocycles. The van der Waals surface area contributed by atoms with Crippen molar-refractivity contribution in [1.29, 1.82) is 0 Å². The zero-order valence-electron chi connectivity index (χ0n) is 9.91. The average Bonchev–Trinajstić information content (AvgIpc) is 3.01. The topological polar surface area (TPSA) is 67.5 Å². The van der Waals surface area contributed by atoms with E-state index in [4.69, 9.17) is 9.15 Å². The zero-order valence-corrected chi connectivity index (χ0v) is 10.7. The van der Waals surface area contributed by atoms with Gasteiger partial charge in [-0.1, -0.05) is 0 Å². The van der Waals surface area contributed by atoms with Gasteiger partial charge in [0.05, 0.1) is 24.5 Å². The molecule has 6 heteroatoms. The maximum atomic E-state index is 9.68. The fourth-order valence-electron chi connectivity index (χ4n) is 1.44. The van der Waals surface area contributed by atoms with E-state index in [1.165, 1.54) is 0 Å².